The van der Waals surface area contributed by atoms with E-state index in [1.165, 1.54) is 11.1 Å². The lowest BCUT2D eigenvalue weighted by molar-refractivity contribution is -0.159. The lowest BCUT2D eigenvalue weighted by atomic mass is 10.1. The summed E-state index contributed by atoms with van der Waals surface area (Å²) < 4.78 is 7.99. The van der Waals surface area contributed by atoms with Crippen molar-refractivity contribution in [2.24, 2.45) is 0 Å². The molecule has 0 spiro atoms. The molecule has 2 N–H and O–H groups in total. The minimum absolute atomic E-state index is 0.643. The Bertz CT molecular complexity index is 905. The van der Waals surface area contributed by atoms with E-state index in [9.17, 15) is 0 Å². The predicted molar refractivity (Wildman–Crippen MR) is 96.4 cm³/mol. The number of hydrogen-bond donors (Lipinski definition) is 2. The van der Waals surface area contributed by atoms with Gasteiger partial charge in [0.15, 0.2) is 0 Å². The molecule has 0 atom stereocenters. The number of benzene rings is 2. The van der Waals surface area contributed by atoms with Crippen molar-refractivity contribution in [1.29, 1.82) is 0 Å². The molecule has 0 aliphatic carbocycles. The number of rotatable bonds is 4. The minimum Gasteiger partial charge on any atom is -0.491 e. The van der Waals surface area contributed by atoms with Gasteiger partial charge in [0.05, 0.1) is 23.9 Å². The molecule has 0 unspecified atom stereocenters. The van der Waals surface area contributed by atoms with Crippen LogP contribution in [0.3, 0.4) is 0 Å². The molecule has 1 heterocycles. The highest BCUT2D eigenvalue weighted by atomic mass is 16.5. The smallest absolute Gasteiger partial charge is 0.414 e. The Kier molecular flexibility index (Phi) is 6.32. The monoisotopic (exact) mass is 356 g/mol. The van der Waals surface area contributed by atoms with Crippen LogP contribution in [0.4, 0.5) is 0 Å². The highest BCUT2D eigenvalue weighted by Gasteiger charge is 2.04. The van der Waals surface area contributed by atoms with Crippen LogP contribution < -0.4 is 4.74 Å². The van der Waals surface area contributed by atoms with E-state index in [2.05, 4.69) is 41.6 Å². The first kappa shape index (κ1) is 19.0. The van der Waals surface area contributed by atoms with Crippen LogP contribution in [0.15, 0.2) is 48.8 Å². The van der Waals surface area contributed by atoms with E-state index in [0.717, 1.165) is 23.3 Å². The van der Waals surface area contributed by atoms with Gasteiger partial charge in [-0.2, -0.15) is 0 Å². The highest BCUT2D eigenvalue weighted by molar-refractivity contribution is 6.27. The molecular formula is C19H20N2O5. The van der Waals surface area contributed by atoms with E-state index >= 15 is 0 Å². The van der Waals surface area contributed by atoms with Gasteiger partial charge in [0.25, 0.3) is 0 Å². The average molecular weight is 356 g/mol. The molecule has 0 fully saturated rings. The van der Waals surface area contributed by atoms with Crippen molar-refractivity contribution in [3.63, 3.8) is 0 Å². The van der Waals surface area contributed by atoms with Crippen LogP contribution in [0.1, 0.15) is 11.1 Å². The standard InChI is InChI=1S/C17H18N2O.C2H2O4/c1-13-7-8-17(14(2)11-13)20-10-9-19-12-18-15-5-3-4-6-16(15)19;3-1(4)2(5)6/h3-8,11-12H,9-10H2,1-2H3;(H,3,4)(H,5,6). The van der Waals surface area contributed by atoms with Gasteiger partial charge in [-0.25, -0.2) is 14.6 Å². The van der Waals surface area contributed by atoms with Gasteiger partial charge in [-0.3, -0.25) is 0 Å². The predicted octanol–water partition coefficient (Wildman–Crippen LogP) is 2.89. The molecule has 7 heteroatoms. The Morgan fingerprint density at radius 3 is 2.42 bits per heavy atom. The number of carbonyl (C=O) groups is 2. The third kappa shape index (κ3) is 5.07. The van der Waals surface area contributed by atoms with Crippen molar-refractivity contribution in [3.8, 4) is 5.75 Å². The van der Waals surface area contributed by atoms with E-state index in [-0.39, 0.29) is 0 Å². The van der Waals surface area contributed by atoms with E-state index in [1.54, 1.807) is 0 Å². The summed E-state index contributed by atoms with van der Waals surface area (Å²) >= 11 is 0. The lowest BCUT2D eigenvalue weighted by Crippen LogP contribution is -2.09. The maximum Gasteiger partial charge on any atom is 0.414 e. The third-order valence-corrected chi connectivity index (χ3v) is 3.63. The van der Waals surface area contributed by atoms with Crippen LogP contribution in [-0.2, 0) is 16.1 Å². The Hall–Kier alpha value is -3.35. The van der Waals surface area contributed by atoms with Crippen LogP contribution in [0.25, 0.3) is 11.0 Å². The number of carboxylic acid groups (broad SMARTS) is 2. The quantitative estimate of drug-likeness (QED) is 0.697. The SMILES string of the molecule is Cc1ccc(OCCn2cnc3ccccc32)c(C)c1.O=C(O)C(=O)O. The second-order valence-corrected chi connectivity index (χ2v) is 5.65. The molecule has 26 heavy (non-hydrogen) atoms. The number of fused-ring (bicyclic) bond motifs is 1. The van der Waals surface area contributed by atoms with Crippen LogP contribution >= 0.6 is 0 Å². The zero-order valence-corrected chi connectivity index (χ0v) is 14.5. The van der Waals surface area contributed by atoms with Crippen molar-refractivity contribution < 1.29 is 24.5 Å². The van der Waals surface area contributed by atoms with Crippen LogP contribution in [0.2, 0.25) is 0 Å². The fraction of sp³-hybridized carbons (Fsp3) is 0.211. The van der Waals surface area contributed by atoms with Gasteiger partial charge in [-0.15, -0.1) is 0 Å². The van der Waals surface area contributed by atoms with Crippen molar-refractivity contribution in [2.45, 2.75) is 20.4 Å². The number of imidazole rings is 1. The highest BCUT2D eigenvalue weighted by Crippen LogP contribution is 2.19. The normalized spacial score (nSPS) is 10.1. The summed E-state index contributed by atoms with van der Waals surface area (Å²) in [7, 11) is 0. The molecule has 0 aliphatic rings. The summed E-state index contributed by atoms with van der Waals surface area (Å²) in [6.07, 6.45) is 1.87. The van der Waals surface area contributed by atoms with Crippen LogP contribution in [0.5, 0.6) is 5.75 Å². The number of aliphatic carboxylic acids is 2. The molecule has 0 saturated heterocycles. The molecule has 1 aromatic heterocycles. The first-order valence-electron chi connectivity index (χ1n) is 7.94. The van der Waals surface area contributed by atoms with E-state index in [1.807, 2.05) is 30.6 Å². The summed E-state index contributed by atoms with van der Waals surface area (Å²) in [5, 5.41) is 14.8. The van der Waals surface area contributed by atoms with Crippen molar-refractivity contribution >= 4 is 23.0 Å². The summed E-state index contributed by atoms with van der Waals surface area (Å²) in [5.41, 5.74) is 4.62. The molecule has 0 amide bonds. The second-order valence-electron chi connectivity index (χ2n) is 5.65. The molecular weight excluding hydrogens is 336 g/mol. The van der Waals surface area contributed by atoms with Crippen molar-refractivity contribution in [2.75, 3.05) is 6.61 Å². The molecule has 0 radical (unpaired) electrons. The van der Waals surface area contributed by atoms with Crippen molar-refractivity contribution in [3.05, 3.63) is 59.9 Å². The number of nitrogens with zero attached hydrogens (tertiary/aromatic N) is 2. The third-order valence-electron chi connectivity index (χ3n) is 3.63. The molecule has 0 bridgehead atoms. The number of hydrogen-bond acceptors (Lipinski definition) is 4. The summed E-state index contributed by atoms with van der Waals surface area (Å²) in [6.45, 7) is 5.61. The van der Waals surface area contributed by atoms with E-state index < -0.39 is 11.9 Å². The summed E-state index contributed by atoms with van der Waals surface area (Å²) in [5.74, 6) is -2.69. The first-order chi connectivity index (χ1) is 12.4. The van der Waals surface area contributed by atoms with Gasteiger partial charge in [0.1, 0.15) is 12.4 Å². The summed E-state index contributed by atoms with van der Waals surface area (Å²) in [6, 6.07) is 14.4. The minimum atomic E-state index is -1.82. The Morgan fingerprint density at radius 2 is 1.77 bits per heavy atom. The Morgan fingerprint density at radius 1 is 1.08 bits per heavy atom. The van der Waals surface area contributed by atoms with Gasteiger partial charge in [-0.05, 0) is 37.6 Å². The van der Waals surface area contributed by atoms with Gasteiger partial charge in [-0.1, -0.05) is 29.8 Å². The zero-order chi connectivity index (χ0) is 19.1. The number of ether oxygens (including phenoxy) is 1. The van der Waals surface area contributed by atoms with Gasteiger partial charge in [0, 0.05) is 0 Å². The van der Waals surface area contributed by atoms with E-state index in [4.69, 9.17) is 24.5 Å². The summed E-state index contributed by atoms with van der Waals surface area (Å²) in [4.78, 5) is 22.6. The number of aromatic nitrogens is 2. The topological polar surface area (TPSA) is 102 Å². The van der Waals surface area contributed by atoms with Gasteiger partial charge >= 0.3 is 11.9 Å². The molecule has 2 aromatic carbocycles. The van der Waals surface area contributed by atoms with Crippen LogP contribution in [0, 0.1) is 13.8 Å². The largest absolute Gasteiger partial charge is 0.491 e. The lowest BCUT2D eigenvalue weighted by Gasteiger charge is -2.10. The van der Waals surface area contributed by atoms with E-state index in [0.29, 0.717) is 6.61 Å². The number of aryl methyl sites for hydroxylation is 2. The fourth-order valence-electron chi connectivity index (χ4n) is 2.40. The molecule has 0 aliphatic heterocycles. The molecule has 3 aromatic rings. The number of carboxylic acids is 2. The Balaban J connectivity index is 0.000000352. The molecule has 0 saturated carbocycles. The fourth-order valence-corrected chi connectivity index (χ4v) is 2.40. The van der Waals surface area contributed by atoms with Crippen molar-refractivity contribution in [1.82, 2.24) is 9.55 Å². The number of para-hydroxylation sites is 2. The maximum atomic E-state index is 9.10. The molecule has 3 rings (SSSR count). The molecule has 7 nitrogen and oxygen atoms in total. The first-order valence-corrected chi connectivity index (χ1v) is 7.94. The van der Waals surface area contributed by atoms with Gasteiger partial charge < -0.3 is 19.5 Å². The Labute approximate surface area is 150 Å². The maximum absolute atomic E-state index is 9.10. The average Bonchev–Trinajstić information content (AvgIpc) is 3.01. The van der Waals surface area contributed by atoms with Gasteiger partial charge in [0.2, 0.25) is 0 Å². The molecule has 136 valence electrons. The zero-order valence-electron chi connectivity index (χ0n) is 14.5. The van der Waals surface area contributed by atoms with Crippen LogP contribution in [-0.4, -0.2) is 38.3 Å². The second kappa shape index (κ2) is 8.66.